The Hall–Kier alpha value is -3.47. The normalized spacial score (nSPS) is 14.7. The molecule has 170 valence electrons. The van der Waals surface area contributed by atoms with Crippen molar-refractivity contribution >= 4 is 34.5 Å². The van der Waals surface area contributed by atoms with E-state index in [2.05, 4.69) is 29.2 Å². The van der Waals surface area contributed by atoms with Gasteiger partial charge >= 0.3 is 0 Å². The van der Waals surface area contributed by atoms with E-state index in [0.29, 0.717) is 23.7 Å². The van der Waals surface area contributed by atoms with E-state index in [1.807, 2.05) is 77.7 Å². The fourth-order valence-corrected chi connectivity index (χ4v) is 4.60. The fraction of sp³-hybridized carbons (Fsp3) is 0.172. The van der Waals surface area contributed by atoms with Gasteiger partial charge in [-0.25, -0.2) is 4.98 Å². The smallest absolute Gasteiger partial charge is 0.254 e. The molecule has 0 radical (unpaired) electrons. The minimum Gasteiger partial charge on any atom is -0.336 e. The number of rotatable bonds is 5. The van der Waals surface area contributed by atoms with Gasteiger partial charge in [-0.15, -0.1) is 0 Å². The summed E-state index contributed by atoms with van der Waals surface area (Å²) in [4.78, 5) is 22.7. The first-order chi connectivity index (χ1) is 16.7. The fourth-order valence-electron chi connectivity index (χ4n) is 4.37. The largest absolute Gasteiger partial charge is 0.336 e. The summed E-state index contributed by atoms with van der Waals surface area (Å²) >= 11 is 6.44. The van der Waals surface area contributed by atoms with Crippen molar-refractivity contribution in [1.82, 2.24) is 14.8 Å². The first kappa shape index (κ1) is 22.3. The Morgan fingerprint density at radius 2 is 1.59 bits per heavy atom. The predicted octanol–water partition coefficient (Wildman–Crippen LogP) is 6.03. The number of pyridine rings is 1. The Morgan fingerprint density at radius 3 is 2.38 bits per heavy atom. The molecule has 5 rings (SSSR count). The highest BCUT2D eigenvalue weighted by Crippen LogP contribution is 2.30. The summed E-state index contributed by atoms with van der Waals surface area (Å²) in [5.74, 6) is 0.0476. The molecule has 0 spiro atoms. The zero-order chi connectivity index (χ0) is 23.3. The van der Waals surface area contributed by atoms with Crippen molar-refractivity contribution in [3.05, 3.63) is 107 Å². The second-order valence-corrected chi connectivity index (χ2v) is 8.87. The molecular weight excluding hydrogens is 442 g/mol. The quantitative estimate of drug-likeness (QED) is 0.359. The number of piperazine rings is 1. The molecule has 34 heavy (non-hydrogen) atoms. The predicted molar refractivity (Wildman–Crippen MR) is 140 cm³/mol. The molecule has 1 fully saturated rings. The second-order valence-electron chi connectivity index (χ2n) is 8.46. The molecule has 0 N–H and O–H groups in total. The molecule has 1 aromatic heterocycles. The van der Waals surface area contributed by atoms with Crippen LogP contribution in [-0.4, -0.2) is 53.4 Å². The Morgan fingerprint density at radius 1 is 0.882 bits per heavy atom. The highest BCUT2D eigenvalue weighted by molar-refractivity contribution is 6.33. The molecule has 4 nitrogen and oxygen atoms in total. The third-order valence-corrected chi connectivity index (χ3v) is 6.56. The number of carbonyl (C=O) groups excluding carboxylic acids is 1. The van der Waals surface area contributed by atoms with E-state index in [0.717, 1.165) is 41.8 Å². The minimum atomic E-state index is 0.0476. The molecule has 0 unspecified atom stereocenters. The standard InChI is InChI=1S/C29H26ClN3O/c30-26-14-6-4-13-24(26)28-21-25(23-12-5-7-15-27(23)31-28)29(34)33-19-17-32(18-20-33)16-8-11-22-9-2-1-3-10-22/h1-15,21H,16-20H2. The molecule has 0 bridgehead atoms. The minimum absolute atomic E-state index is 0.0476. The van der Waals surface area contributed by atoms with Crippen molar-refractivity contribution in [1.29, 1.82) is 0 Å². The van der Waals surface area contributed by atoms with Crippen molar-refractivity contribution in [2.75, 3.05) is 32.7 Å². The maximum absolute atomic E-state index is 13.6. The van der Waals surface area contributed by atoms with E-state index < -0.39 is 0 Å². The van der Waals surface area contributed by atoms with Crippen molar-refractivity contribution in [3.8, 4) is 11.3 Å². The van der Waals surface area contributed by atoms with Gasteiger partial charge in [0.05, 0.1) is 16.8 Å². The molecule has 3 aromatic carbocycles. The number of carbonyl (C=O) groups is 1. The maximum Gasteiger partial charge on any atom is 0.254 e. The highest BCUT2D eigenvalue weighted by atomic mass is 35.5. The summed E-state index contributed by atoms with van der Waals surface area (Å²) in [5, 5.41) is 1.50. The van der Waals surface area contributed by atoms with Crippen LogP contribution in [0.5, 0.6) is 0 Å². The van der Waals surface area contributed by atoms with Crippen LogP contribution in [0.4, 0.5) is 0 Å². The van der Waals surface area contributed by atoms with Gasteiger partial charge in [0.2, 0.25) is 0 Å². The summed E-state index contributed by atoms with van der Waals surface area (Å²) in [6.45, 7) is 3.99. The third-order valence-electron chi connectivity index (χ3n) is 6.23. The molecule has 1 saturated heterocycles. The summed E-state index contributed by atoms with van der Waals surface area (Å²) in [7, 11) is 0. The number of aromatic nitrogens is 1. The van der Waals surface area contributed by atoms with Crippen LogP contribution in [-0.2, 0) is 0 Å². The SMILES string of the molecule is O=C(c1cc(-c2ccccc2Cl)nc2ccccc12)N1CCN(CC=Cc2ccccc2)CC1. The average Bonchev–Trinajstić information content (AvgIpc) is 2.89. The number of para-hydroxylation sites is 1. The number of benzene rings is 3. The maximum atomic E-state index is 13.6. The van der Waals surface area contributed by atoms with E-state index in [4.69, 9.17) is 16.6 Å². The summed E-state index contributed by atoms with van der Waals surface area (Å²) < 4.78 is 0. The number of hydrogen-bond donors (Lipinski definition) is 0. The number of fused-ring (bicyclic) bond motifs is 1. The lowest BCUT2D eigenvalue weighted by molar-refractivity contribution is 0.0652. The number of hydrogen-bond acceptors (Lipinski definition) is 3. The van der Waals surface area contributed by atoms with Gasteiger partial charge < -0.3 is 4.90 Å². The Bertz CT molecular complexity index is 1330. The van der Waals surface area contributed by atoms with Crippen molar-refractivity contribution in [2.24, 2.45) is 0 Å². The molecule has 1 aliphatic rings. The lowest BCUT2D eigenvalue weighted by atomic mass is 10.0. The van der Waals surface area contributed by atoms with Gasteiger partial charge in [0.15, 0.2) is 0 Å². The van der Waals surface area contributed by atoms with Gasteiger partial charge in [-0.3, -0.25) is 9.69 Å². The van der Waals surface area contributed by atoms with Crippen molar-refractivity contribution < 1.29 is 4.79 Å². The van der Waals surface area contributed by atoms with Gasteiger partial charge in [-0.05, 0) is 23.8 Å². The molecule has 5 heteroatoms. The zero-order valence-electron chi connectivity index (χ0n) is 18.9. The lowest BCUT2D eigenvalue weighted by Gasteiger charge is -2.34. The molecule has 4 aromatic rings. The van der Waals surface area contributed by atoms with Gasteiger partial charge in [0.25, 0.3) is 5.91 Å². The topological polar surface area (TPSA) is 36.4 Å². The van der Waals surface area contributed by atoms with Crippen LogP contribution in [0.2, 0.25) is 5.02 Å². The van der Waals surface area contributed by atoms with Gasteiger partial charge in [-0.2, -0.15) is 0 Å². The first-order valence-electron chi connectivity index (χ1n) is 11.6. The molecular formula is C29H26ClN3O. The summed E-state index contributed by atoms with van der Waals surface area (Å²) in [6.07, 6.45) is 4.34. The number of nitrogens with zero attached hydrogens (tertiary/aromatic N) is 3. The average molecular weight is 468 g/mol. The van der Waals surface area contributed by atoms with E-state index in [1.54, 1.807) is 0 Å². The molecule has 0 saturated carbocycles. The molecule has 1 amide bonds. The van der Waals surface area contributed by atoms with E-state index in [-0.39, 0.29) is 5.91 Å². The van der Waals surface area contributed by atoms with Gasteiger partial charge in [0.1, 0.15) is 0 Å². The Kier molecular flexibility index (Phi) is 6.70. The Labute approximate surface area is 205 Å². The van der Waals surface area contributed by atoms with Crippen molar-refractivity contribution in [2.45, 2.75) is 0 Å². The van der Waals surface area contributed by atoms with E-state index >= 15 is 0 Å². The van der Waals surface area contributed by atoms with E-state index in [1.165, 1.54) is 5.56 Å². The molecule has 0 atom stereocenters. The van der Waals surface area contributed by atoms with Crippen molar-refractivity contribution in [3.63, 3.8) is 0 Å². The second kappa shape index (κ2) is 10.2. The molecule has 2 heterocycles. The number of halogens is 1. The van der Waals surface area contributed by atoms with Crippen LogP contribution in [0.1, 0.15) is 15.9 Å². The monoisotopic (exact) mass is 467 g/mol. The third kappa shape index (κ3) is 4.89. The van der Waals surface area contributed by atoms with Crippen LogP contribution >= 0.6 is 11.6 Å². The molecule has 0 aliphatic carbocycles. The van der Waals surface area contributed by atoms with Crippen LogP contribution in [0.15, 0.2) is 91.0 Å². The Balaban J connectivity index is 1.33. The zero-order valence-corrected chi connectivity index (χ0v) is 19.7. The lowest BCUT2D eigenvalue weighted by Crippen LogP contribution is -2.48. The first-order valence-corrected chi connectivity index (χ1v) is 11.9. The van der Waals surface area contributed by atoms with E-state index in [9.17, 15) is 4.79 Å². The van der Waals surface area contributed by atoms with Crippen LogP contribution in [0.3, 0.4) is 0 Å². The van der Waals surface area contributed by atoms with Crippen LogP contribution in [0, 0.1) is 0 Å². The van der Waals surface area contributed by atoms with Crippen LogP contribution < -0.4 is 0 Å². The summed E-state index contributed by atoms with van der Waals surface area (Å²) in [5.41, 5.74) is 4.23. The molecule has 1 aliphatic heterocycles. The van der Waals surface area contributed by atoms with Crippen LogP contribution in [0.25, 0.3) is 28.2 Å². The van der Waals surface area contributed by atoms with Gasteiger partial charge in [0, 0.05) is 48.7 Å². The highest BCUT2D eigenvalue weighted by Gasteiger charge is 2.24. The van der Waals surface area contributed by atoms with Gasteiger partial charge in [-0.1, -0.05) is 90.5 Å². The summed E-state index contributed by atoms with van der Waals surface area (Å²) in [6, 6.07) is 27.6. The number of amides is 1.